The number of nitrogen functional groups attached to an aromatic ring is 1. The van der Waals surface area contributed by atoms with E-state index < -0.39 is 8.07 Å². The average molecular weight is 257 g/mol. The van der Waals surface area contributed by atoms with Gasteiger partial charge in [0.05, 0.1) is 18.5 Å². The first-order chi connectivity index (χ1) is 7.92. The van der Waals surface area contributed by atoms with Gasteiger partial charge in [-0.15, -0.1) is 0 Å². The molecule has 5 nitrogen and oxygen atoms in total. The Bertz CT molecular complexity index is 347. The Morgan fingerprint density at radius 3 is 2.71 bits per heavy atom. The SMILES string of the molecule is COCc1nn(COCC[Si](C)(C)C)cc1N. The highest BCUT2D eigenvalue weighted by Crippen LogP contribution is 2.11. The summed E-state index contributed by atoms with van der Waals surface area (Å²) in [5.74, 6) is 0. The molecule has 0 radical (unpaired) electrons. The van der Waals surface area contributed by atoms with Gasteiger partial charge < -0.3 is 15.2 Å². The minimum absolute atomic E-state index is 0.438. The minimum atomic E-state index is -1.01. The molecule has 0 spiro atoms. The van der Waals surface area contributed by atoms with Crippen LogP contribution in [0, 0.1) is 0 Å². The van der Waals surface area contributed by atoms with E-state index in [0.29, 0.717) is 19.0 Å². The van der Waals surface area contributed by atoms with Crippen molar-refractivity contribution in [2.75, 3.05) is 19.5 Å². The second-order valence-electron chi connectivity index (χ2n) is 5.35. The number of anilines is 1. The van der Waals surface area contributed by atoms with Crippen LogP contribution in [0.15, 0.2) is 6.20 Å². The van der Waals surface area contributed by atoms with Gasteiger partial charge in [-0.2, -0.15) is 5.10 Å². The zero-order valence-electron chi connectivity index (χ0n) is 11.2. The van der Waals surface area contributed by atoms with Crippen LogP contribution in [0.4, 0.5) is 5.69 Å². The molecule has 0 unspecified atom stereocenters. The predicted molar refractivity (Wildman–Crippen MR) is 71.5 cm³/mol. The molecule has 0 saturated heterocycles. The number of nitrogens with zero attached hydrogens (tertiary/aromatic N) is 2. The average Bonchev–Trinajstić information content (AvgIpc) is 2.54. The highest BCUT2D eigenvalue weighted by atomic mass is 28.3. The Kier molecular flexibility index (Phi) is 5.17. The summed E-state index contributed by atoms with van der Waals surface area (Å²) in [6.45, 7) is 8.68. The molecule has 0 aliphatic heterocycles. The second kappa shape index (κ2) is 6.18. The predicted octanol–water partition coefficient (Wildman–Crippen LogP) is 1.92. The first-order valence-corrected chi connectivity index (χ1v) is 9.51. The summed E-state index contributed by atoms with van der Waals surface area (Å²) < 4.78 is 12.3. The largest absolute Gasteiger partial charge is 0.396 e. The number of aromatic nitrogens is 2. The summed E-state index contributed by atoms with van der Waals surface area (Å²) in [4.78, 5) is 0. The lowest BCUT2D eigenvalue weighted by Crippen LogP contribution is -2.22. The van der Waals surface area contributed by atoms with E-state index in [1.807, 2.05) is 0 Å². The van der Waals surface area contributed by atoms with Gasteiger partial charge in [0.2, 0.25) is 0 Å². The van der Waals surface area contributed by atoms with Crippen molar-refractivity contribution in [2.45, 2.75) is 39.0 Å². The lowest BCUT2D eigenvalue weighted by Gasteiger charge is -2.15. The highest BCUT2D eigenvalue weighted by Gasteiger charge is 2.12. The normalized spacial score (nSPS) is 12.0. The van der Waals surface area contributed by atoms with E-state index in [-0.39, 0.29) is 0 Å². The zero-order chi connectivity index (χ0) is 12.9. The number of rotatable bonds is 7. The molecule has 1 aromatic heterocycles. The maximum atomic E-state index is 5.79. The molecule has 1 aromatic rings. The van der Waals surface area contributed by atoms with Crippen LogP contribution in [0.2, 0.25) is 25.7 Å². The van der Waals surface area contributed by atoms with Crippen molar-refractivity contribution in [3.05, 3.63) is 11.9 Å². The molecular formula is C11H23N3O2Si. The van der Waals surface area contributed by atoms with Gasteiger partial charge in [0.1, 0.15) is 12.4 Å². The van der Waals surface area contributed by atoms with Gasteiger partial charge in [-0.1, -0.05) is 19.6 Å². The fourth-order valence-electron chi connectivity index (χ4n) is 1.33. The Balaban J connectivity index is 2.34. The quantitative estimate of drug-likeness (QED) is 0.599. The summed E-state index contributed by atoms with van der Waals surface area (Å²) in [6, 6.07) is 1.16. The van der Waals surface area contributed by atoms with E-state index in [1.54, 1.807) is 18.0 Å². The van der Waals surface area contributed by atoms with Crippen LogP contribution in [-0.4, -0.2) is 31.6 Å². The number of methoxy groups -OCH3 is 1. The standard InChI is InChI=1S/C11H23N3O2Si/c1-15-8-11-10(12)7-14(13-11)9-16-5-6-17(2,3)4/h7H,5-6,8-9,12H2,1-4H3. The molecule has 0 atom stereocenters. The summed E-state index contributed by atoms with van der Waals surface area (Å²) in [6.07, 6.45) is 1.78. The molecule has 17 heavy (non-hydrogen) atoms. The zero-order valence-corrected chi connectivity index (χ0v) is 12.2. The van der Waals surface area contributed by atoms with Gasteiger partial charge in [-0.3, -0.25) is 0 Å². The Morgan fingerprint density at radius 2 is 2.12 bits per heavy atom. The van der Waals surface area contributed by atoms with Crippen molar-refractivity contribution in [3.63, 3.8) is 0 Å². The molecule has 0 aromatic carbocycles. The molecule has 0 aliphatic rings. The Morgan fingerprint density at radius 1 is 1.41 bits per heavy atom. The van der Waals surface area contributed by atoms with E-state index in [9.17, 15) is 0 Å². The molecule has 0 bridgehead atoms. The monoisotopic (exact) mass is 257 g/mol. The molecule has 98 valence electrons. The third kappa shape index (κ3) is 5.34. The summed E-state index contributed by atoms with van der Waals surface area (Å²) in [7, 11) is 0.615. The fraction of sp³-hybridized carbons (Fsp3) is 0.727. The van der Waals surface area contributed by atoms with Crippen molar-refractivity contribution in [3.8, 4) is 0 Å². The number of nitrogens with two attached hydrogens (primary N) is 1. The van der Waals surface area contributed by atoms with E-state index in [0.717, 1.165) is 18.3 Å². The number of hydrogen-bond acceptors (Lipinski definition) is 4. The van der Waals surface area contributed by atoms with E-state index in [4.69, 9.17) is 15.2 Å². The molecule has 0 aliphatic carbocycles. The molecule has 0 amide bonds. The summed E-state index contributed by atoms with van der Waals surface area (Å²) in [5, 5.41) is 4.29. The first kappa shape index (κ1) is 14.2. The van der Waals surface area contributed by atoms with Gasteiger partial charge in [0.25, 0.3) is 0 Å². The van der Waals surface area contributed by atoms with Crippen LogP contribution >= 0.6 is 0 Å². The maximum Gasteiger partial charge on any atom is 0.139 e. The van der Waals surface area contributed by atoms with Crippen LogP contribution in [0.1, 0.15) is 5.69 Å². The van der Waals surface area contributed by atoms with Crippen LogP contribution < -0.4 is 5.73 Å². The first-order valence-electron chi connectivity index (χ1n) is 5.81. The van der Waals surface area contributed by atoms with Gasteiger partial charge in [0, 0.05) is 21.8 Å². The van der Waals surface area contributed by atoms with Crippen LogP contribution in [-0.2, 0) is 22.8 Å². The number of hydrogen-bond donors (Lipinski definition) is 1. The van der Waals surface area contributed by atoms with Gasteiger partial charge in [-0.05, 0) is 6.04 Å². The van der Waals surface area contributed by atoms with Crippen molar-refractivity contribution in [2.24, 2.45) is 0 Å². The smallest absolute Gasteiger partial charge is 0.139 e. The molecule has 6 heteroatoms. The van der Waals surface area contributed by atoms with Gasteiger partial charge >= 0.3 is 0 Å². The maximum absolute atomic E-state index is 5.79. The van der Waals surface area contributed by atoms with Crippen LogP contribution in [0.3, 0.4) is 0 Å². The molecule has 0 fully saturated rings. The van der Waals surface area contributed by atoms with E-state index >= 15 is 0 Å². The van der Waals surface area contributed by atoms with Crippen molar-refractivity contribution in [1.29, 1.82) is 0 Å². The van der Waals surface area contributed by atoms with Gasteiger partial charge in [-0.25, -0.2) is 4.68 Å². The summed E-state index contributed by atoms with van der Waals surface area (Å²) in [5.41, 5.74) is 7.21. The lowest BCUT2D eigenvalue weighted by molar-refractivity contribution is 0.0774. The summed E-state index contributed by atoms with van der Waals surface area (Å²) >= 11 is 0. The van der Waals surface area contributed by atoms with Crippen molar-refractivity contribution < 1.29 is 9.47 Å². The van der Waals surface area contributed by atoms with E-state index in [2.05, 4.69) is 24.7 Å². The molecule has 1 rings (SSSR count). The fourth-order valence-corrected chi connectivity index (χ4v) is 2.08. The van der Waals surface area contributed by atoms with Crippen molar-refractivity contribution in [1.82, 2.24) is 9.78 Å². The Labute approximate surface area is 104 Å². The van der Waals surface area contributed by atoms with E-state index in [1.165, 1.54) is 0 Å². The van der Waals surface area contributed by atoms with Crippen LogP contribution in [0.25, 0.3) is 0 Å². The topological polar surface area (TPSA) is 62.3 Å². The van der Waals surface area contributed by atoms with Crippen molar-refractivity contribution >= 4 is 13.8 Å². The second-order valence-corrected chi connectivity index (χ2v) is 11.0. The third-order valence-electron chi connectivity index (χ3n) is 2.37. The third-order valence-corrected chi connectivity index (χ3v) is 4.08. The Hall–Kier alpha value is -0.853. The minimum Gasteiger partial charge on any atom is -0.396 e. The number of ether oxygens (including phenoxy) is 2. The molecule has 0 saturated carbocycles. The molecular weight excluding hydrogens is 234 g/mol. The van der Waals surface area contributed by atoms with Crippen LogP contribution in [0.5, 0.6) is 0 Å². The van der Waals surface area contributed by atoms with Gasteiger partial charge in [0.15, 0.2) is 0 Å². The highest BCUT2D eigenvalue weighted by molar-refractivity contribution is 6.76. The molecule has 1 heterocycles. The molecule has 2 N–H and O–H groups in total. The lowest BCUT2D eigenvalue weighted by atomic mass is 10.4.